The van der Waals surface area contributed by atoms with Crippen molar-refractivity contribution in [2.75, 3.05) is 19.5 Å². The summed E-state index contributed by atoms with van der Waals surface area (Å²) in [6.07, 6.45) is 1.55. The van der Waals surface area contributed by atoms with E-state index in [-0.39, 0.29) is 0 Å². The van der Waals surface area contributed by atoms with Crippen LogP contribution in [-0.2, 0) is 6.54 Å². The van der Waals surface area contributed by atoms with Gasteiger partial charge in [-0.15, -0.1) is 0 Å². The van der Waals surface area contributed by atoms with Crippen LogP contribution in [0.3, 0.4) is 0 Å². The number of hydrogen-bond donors (Lipinski definition) is 2. The minimum atomic E-state index is 0.601. The summed E-state index contributed by atoms with van der Waals surface area (Å²) in [6, 6.07) is 7.79. The van der Waals surface area contributed by atoms with Gasteiger partial charge in [0.1, 0.15) is 29.3 Å². The van der Waals surface area contributed by atoms with Crippen molar-refractivity contribution in [3.63, 3.8) is 0 Å². The summed E-state index contributed by atoms with van der Waals surface area (Å²) < 4.78 is 10.6. The van der Waals surface area contributed by atoms with Crippen LogP contribution in [0.25, 0.3) is 11.0 Å². The average Bonchev–Trinajstić information content (AvgIpc) is 2.93. The molecule has 2 aromatic heterocycles. The van der Waals surface area contributed by atoms with Gasteiger partial charge in [-0.3, -0.25) is 0 Å². The number of benzene rings is 1. The predicted molar refractivity (Wildman–Crippen MR) is 85.5 cm³/mol. The maximum Gasteiger partial charge on any atom is 0.143 e. The monoisotopic (exact) mass is 298 g/mol. The van der Waals surface area contributed by atoms with E-state index < -0.39 is 0 Å². The summed E-state index contributed by atoms with van der Waals surface area (Å²) in [5.41, 5.74) is 2.92. The molecule has 0 atom stereocenters. The number of ether oxygens (including phenoxy) is 2. The van der Waals surface area contributed by atoms with Crippen LogP contribution in [0, 0.1) is 6.92 Å². The van der Waals surface area contributed by atoms with Crippen LogP contribution in [0.4, 0.5) is 5.82 Å². The number of aromatic amines is 1. The van der Waals surface area contributed by atoms with E-state index in [1.54, 1.807) is 20.5 Å². The second-order valence-corrected chi connectivity index (χ2v) is 4.97. The molecule has 0 saturated heterocycles. The van der Waals surface area contributed by atoms with E-state index in [0.29, 0.717) is 6.54 Å². The van der Waals surface area contributed by atoms with E-state index in [1.807, 2.05) is 31.2 Å². The van der Waals surface area contributed by atoms with Crippen molar-refractivity contribution in [3.05, 3.63) is 41.9 Å². The number of fused-ring (bicyclic) bond motifs is 1. The van der Waals surface area contributed by atoms with Crippen LogP contribution in [0.15, 0.2) is 30.6 Å². The second-order valence-electron chi connectivity index (χ2n) is 4.97. The highest BCUT2D eigenvalue weighted by Crippen LogP contribution is 2.26. The van der Waals surface area contributed by atoms with Gasteiger partial charge in [-0.05, 0) is 25.1 Å². The van der Waals surface area contributed by atoms with Crippen LogP contribution >= 0.6 is 0 Å². The van der Waals surface area contributed by atoms with E-state index in [4.69, 9.17) is 9.47 Å². The Morgan fingerprint density at radius 2 is 2.00 bits per heavy atom. The lowest BCUT2D eigenvalue weighted by Crippen LogP contribution is -2.04. The molecule has 6 heteroatoms. The lowest BCUT2D eigenvalue weighted by molar-refractivity contribution is 0.391. The molecule has 0 amide bonds. The van der Waals surface area contributed by atoms with Crippen molar-refractivity contribution < 1.29 is 9.47 Å². The van der Waals surface area contributed by atoms with E-state index >= 15 is 0 Å². The van der Waals surface area contributed by atoms with E-state index in [1.165, 1.54) is 0 Å². The topological polar surface area (TPSA) is 72.1 Å². The van der Waals surface area contributed by atoms with Crippen LogP contribution in [0.5, 0.6) is 11.5 Å². The number of anilines is 1. The van der Waals surface area contributed by atoms with Gasteiger partial charge in [-0.1, -0.05) is 0 Å². The minimum absolute atomic E-state index is 0.601. The first kappa shape index (κ1) is 14.2. The third kappa shape index (κ3) is 2.67. The number of nitrogens with one attached hydrogen (secondary N) is 2. The smallest absolute Gasteiger partial charge is 0.143 e. The quantitative estimate of drug-likeness (QED) is 0.758. The zero-order chi connectivity index (χ0) is 15.5. The summed E-state index contributed by atoms with van der Waals surface area (Å²) in [6.45, 7) is 2.60. The average molecular weight is 298 g/mol. The lowest BCUT2D eigenvalue weighted by atomic mass is 10.2. The number of nitrogens with zero attached hydrogens (tertiary/aromatic N) is 2. The van der Waals surface area contributed by atoms with Crippen LogP contribution in [-0.4, -0.2) is 29.2 Å². The molecule has 0 radical (unpaired) electrons. The number of aryl methyl sites for hydroxylation is 1. The zero-order valence-electron chi connectivity index (χ0n) is 12.8. The molecule has 0 spiro atoms. The molecule has 0 aliphatic rings. The molecule has 1 aromatic carbocycles. The van der Waals surface area contributed by atoms with Gasteiger partial charge in [-0.25, -0.2) is 9.97 Å². The fourth-order valence-corrected chi connectivity index (χ4v) is 2.39. The fourth-order valence-electron chi connectivity index (χ4n) is 2.39. The largest absolute Gasteiger partial charge is 0.497 e. The molecule has 0 aliphatic carbocycles. The Bertz CT molecular complexity index is 798. The zero-order valence-corrected chi connectivity index (χ0v) is 12.8. The highest BCUT2D eigenvalue weighted by atomic mass is 16.5. The normalized spacial score (nSPS) is 10.7. The lowest BCUT2D eigenvalue weighted by Gasteiger charge is -2.12. The SMILES string of the molecule is COc1ccc(CNc2ncnc3[nH]c(C)cc23)c(OC)c1. The van der Waals surface area contributed by atoms with Gasteiger partial charge in [0.2, 0.25) is 0 Å². The number of H-pyrrole nitrogens is 1. The fraction of sp³-hybridized carbons (Fsp3) is 0.250. The predicted octanol–water partition coefficient (Wildman–Crippen LogP) is 2.90. The number of hydrogen-bond acceptors (Lipinski definition) is 5. The van der Waals surface area contributed by atoms with Crippen molar-refractivity contribution in [2.24, 2.45) is 0 Å². The van der Waals surface area contributed by atoms with Crippen LogP contribution in [0.1, 0.15) is 11.3 Å². The van der Waals surface area contributed by atoms with Crippen LogP contribution < -0.4 is 14.8 Å². The summed E-state index contributed by atoms with van der Waals surface area (Å²) in [5.74, 6) is 2.35. The molecule has 0 saturated carbocycles. The molecular weight excluding hydrogens is 280 g/mol. The van der Waals surface area contributed by atoms with Gasteiger partial charge in [0, 0.05) is 23.9 Å². The Balaban J connectivity index is 1.85. The molecular formula is C16H18N4O2. The molecule has 0 bridgehead atoms. The second kappa shape index (κ2) is 5.93. The van der Waals surface area contributed by atoms with E-state index in [9.17, 15) is 0 Å². The maximum absolute atomic E-state index is 5.41. The Hall–Kier alpha value is -2.76. The number of methoxy groups -OCH3 is 2. The Morgan fingerprint density at radius 1 is 1.14 bits per heavy atom. The van der Waals surface area contributed by atoms with Gasteiger partial charge in [-0.2, -0.15) is 0 Å². The molecule has 6 nitrogen and oxygen atoms in total. The van der Waals surface area contributed by atoms with Crippen molar-refractivity contribution in [3.8, 4) is 11.5 Å². The highest BCUT2D eigenvalue weighted by Gasteiger charge is 2.08. The summed E-state index contributed by atoms with van der Waals surface area (Å²) >= 11 is 0. The summed E-state index contributed by atoms with van der Waals surface area (Å²) in [4.78, 5) is 11.7. The molecule has 3 aromatic rings. The number of rotatable bonds is 5. The standard InChI is InChI=1S/C16H18N4O2/c1-10-6-13-15(18-9-19-16(13)20-10)17-8-11-4-5-12(21-2)7-14(11)22-3/h4-7,9H,8H2,1-3H3,(H2,17,18,19,20). The van der Waals surface area contributed by atoms with Crippen LogP contribution in [0.2, 0.25) is 0 Å². The Kier molecular flexibility index (Phi) is 3.82. The summed E-state index contributed by atoms with van der Waals surface area (Å²) in [5, 5.41) is 4.32. The Labute approximate surface area is 128 Å². The third-order valence-corrected chi connectivity index (χ3v) is 3.50. The van der Waals surface area contributed by atoms with Gasteiger partial charge in [0.15, 0.2) is 0 Å². The molecule has 114 valence electrons. The molecule has 0 fully saturated rings. The van der Waals surface area contributed by atoms with Gasteiger partial charge < -0.3 is 19.8 Å². The minimum Gasteiger partial charge on any atom is -0.497 e. The molecule has 3 rings (SSSR count). The summed E-state index contributed by atoms with van der Waals surface area (Å²) in [7, 11) is 3.29. The van der Waals surface area contributed by atoms with Crippen molar-refractivity contribution >= 4 is 16.9 Å². The van der Waals surface area contributed by atoms with Gasteiger partial charge in [0.25, 0.3) is 0 Å². The van der Waals surface area contributed by atoms with Gasteiger partial charge >= 0.3 is 0 Å². The molecule has 0 unspecified atom stereocenters. The first-order valence-corrected chi connectivity index (χ1v) is 6.96. The highest BCUT2D eigenvalue weighted by molar-refractivity contribution is 5.87. The van der Waals surface area contributed by atoms with Crippen molar-refractivity contribution in [2.45, 2.75) is 13.5 Å². The third-order valence-electron chi connectivity index (χ3n) is 3.50. The molecule has 0 aliphatic heterocycles. The van der Waals surface area contributed by atoms with E-state index in [0.717, 1.165) is 39.6 Å². The molecule has 2 N–H and O–H groups in total. The molecule has 22 heavy (non-hydrogen) atoms. The number of aromatic nitrogens is 3. The van der Waals surface area contributed by atoms with E-state index in [2.05, 4.69) is 20.3 Å². The van der Waals surface area contributed by atoms with Crippen molar-refractivity contribution in [1.29, 1.82) is 0 Å². The van der Waals surface area contributed by atoms with Crippen molar-refractivity contribution in [1.82, 2.24) is 15.0 Å². The van der Waals surface area contributed by atoms with Gasteiger partial charge in [0.05, 0.1) is 19.6 Å². The first-order chi connectivity index (χ1) is 10.7. The first-order valence-electron chi connectivity index (χ1n) is 6.96. The Morgan fingerprint density at radius 3 is 2.77 bits per heavy atom. The maximum atomic E-state index is 5.41. The molecule has 2 heterocycles.